The summed E-state index contributed by atoms with van der Waals surface area (Å²) >= 11 is 0. The number of carboxylic acids is 1. The van der Waals surface area contributed by atoms with Gasteiger partial charge in [-0.3, -0.25) is 4.79 Å². The van der Waals surface area contributed by atoms with Gasteiger partial charge < -0.3 is 30.4 Å². The fraction of sp³-hybridized carbons (Fsp3) is 0.895. The number of hydrogen-bond donors (Lipinski definition) is 3. The second kappa shape index (κ2) is 12.0. The van der Waals surface area contributed by atoms with Gasteiger partial charge in [0, 0.05) is 29.6 Å². The molecule has 0 radical (unpaired) electrons. The van der Waals surface area contributed by atoms with Crippen molar-refractivity contribution in [2.75, 3.05) is 45.8 Å². The molecular formula is C38H62N6O5. The lowest BCUT2D eigenvalue weighted by atomic mass is 9.34. The van der Waals surface area contributed by atoms with Crippen molar-refractivity contribution in [3.8, 4) is 0 Å². The summed E-state index contributed by atoms with van der Waals surface area (Å²) in [4.78, 5) is 15.2. The third kappa shape index (κ3) is 4.94. The third-order valence-corrected chi connectivity index (χ3v) is 16.3. The first-order valence-corrected chi connectivity index (χ1v) is 19.1. The Hall–Kier alpha value is -2.08. The molecule has 49 heavy (non-hydrogen) atoms. The highest BCUT2D eigenvalue weighted by Crippen LogP contribution is 2.75. The van der Waals surface area contributed by atoms with Crippen molar-refractivity contribution >= 4 is 11.9 Å². The zero-order chi connectivity index (χ0) is 35.2. The SMILES string of the molecule is CNC1(CO[C@H]2[C@H](n3nnc(N)n3)CC34COC[C@@]2(C)[C@@H]3CC[C@H]2C4=CC[C@@]3(C)[C@H](C(=O)O)[C@@](C)([C@H](C)C(C)C)CC[C@]23C)CCOCC1. The number of rotatable bonds is 8. The second-order valence-electron chi connectivity index (χ2n) is 18.5. The van der Waals surface area contributed by atoms with Crippen molar-refractivity contribution in [1.82, 2.24) is 25.5 Å². The molecule has 5 fully saturated rings. The number of aliphatic carboxylic acids is 1. The highest BCUT2D eigenvalue weighted by Gasteiger charge is 2.72. The predicted octanol–water partition coefficient (Wildman–Crippen LogP) is 5.54. The molecule has 0 amide bonds. The van der Waals surface area contributed by atoms with Gasteiger partial charge in [-0.25, -0.2) is 0 Å². The molecule has 2 bridgehead atoms. The molecule has 11 nitrogen and oxygen atoms in total. The average Bonchev–Trinajstić information content (AvgIpc) is 3.50. The smallest absolute Gasteiger partial charge is 0.307 e. The highest BCUT2D eigenvalue weighted by molar-refractivity contribution is 5.73. The Bertz CT molecular complexity index is 1460. The molecule has 0 spiro atoms. The summed E-state index contributed by atoms with van der Waals surface area (Å²) in [5, 5.41) is 27.9. The fourth-order valence-corrected chi connectivity index (χ4v) is 13.0. The number of tetrazole rings is 1. The molecule has 2 saturated heterocycles. The lowest BCUT2D eigenvalue weighted by Gasteiger charge is -2.71. The van der Waals surface area contributed by atoms with Crippen LogP contribution in [0.2, 0.25) is 0 Å². The quantitative estimate of drug-likeness (QED) is 0.299. The molecule has 6 aliphatic rings. The summed E-state index contributed by atoms with van der Waals surface area (Å²) in [6.07, 6.45) is 9.74. The summed E-state index contributed by atoms with van der Waals surface area (Å²) in [5.41, 5.74) is 6.15. The van der Waals surface area contributed by atoms with Gasteiger partial charge in [0.1, 0.15) is 6.04 Å². The largest absolute Gasteiger partial charge is 0.481 e. The van der Waals surface area contributed by atoms with E-state index < -0.39 is 11.9 Å². The minimum atomic E-state index is -0.628. The third-order valence-electron chi connectivity index (χ3n) is 16.3. The van der Waals surface area contributed by atoms with Crippen molar-refractivity contribution in [2.45, 2.75) is 118 Å². The molecule has 11 heteroatoms. The highest BCUT2D eigenvalue weighted by atomic mass is 16.5. The molecule has 3 saturated carbocycles. The van der Waals surface area contributed by atoms with Crippen LogP contribution in [0.3, 0.4) is 0 Å². The minimum absolute atomic E-state index is 0.148. The number of aromatic nitrogens is 4. The number of allylic oxidation sites excluding steroid dienone is 1. The van der Waals surface area contributed by atoms with Crippen LogP contribution < -0.4 is 11.1 Å². The predicted molar refractivity (Wildman–Crippen MR) is 186 cm³/mol. The number of carbonyl (C=O) groups is 1. The number of anilines is 1. The Balaban J connectivity index is 1.29. The lowest BCUT2D eigenvalue weighted by Crippen LogP contribution is -2.69. The van der Waals surface area contributed by atoms with Crippen LogP contribution in [0, 0.1) is 56.7 Å². The molecule has 4 N–H and O–H groups in total. The Morgan fingerprint density at radius 2 is 1.82 bits per heavy atom. The van der Waals surface area contributed by atoms with E-state index in [-0.39, 0.29) is 56.6 Å². The van der Waals surface area contributed by atoms with E-state index in [2.05, 4.69) is 75.3 Å². The van der Waals surface area contributed by atoms with Crippen molar-refractivity contribution in [3.63, 3.8) is 0 Å². The zero-order valence-electron chi connectivity index (χ0n) is 31.3. The molecular weight excluding hydrogens is 620 g/mol. The average molecular weight is 683 g/mol. The van der Waals surface area contributed by atoms with Crippen LogP contribution in [0.25, 0.3) is 0 Å². The molecule has 1 aromatic heterocycles. The van der Waals surface area contributed by atoms with Gasteiger partial charge in [-0.2, -0.15) is 4.80 Å². The van der Waals surface area contributed by atoms with Gasteiger partial charge in [0.15, 0.2) is 0 Å². The van der Waals surface area contributed by atoms with Crippen LogP contribution >= 0.6 is 0 Å². The maximum atomic E-state index is 13.5. The fourth-order valence-electron chi connectivity index (χ4n) is 13.0. The van der Waals surface area contributed by atoms with Gasteiger partial charge >= 0.3 is 5.97 Å². The first-order valence-electron chi connectivity index (χ1n) is 19.1. The first-order chi connectivity index (χ1) is 23.1. The second-order valence-corrected chi connectivity index (χ2v) is 18.5. The number of nitrogens with two attached hydrogens (primary N) is 1. The molecule has 274 valence electrons. The Morgan fingerprint density at radius 3 is 2.45 bits per heavy atom. The normalized spacial score (nSPS) is 45.1. The van der Waals surface area contributed by atoms with Crippen LogP contribution in [-0.4, -0.2) is 83.0 Å². The number of likely N-dealkylation sites (N-methyl/N-ethyl adjacent to an activating group) is 1. The number of carboxylic acid groups (broad SMARTS) is 1. The van der Waals surface area contributed by atoms with E-state index in [1.807, 2.05) is 7.05 Å². The van der Waals surface area contributed by atoms with Crippen LogP contribution in [0.5, 0.6) is 0 Å². The topological polar surface area (TPSA) is 147 Å². The Morgan fingerprint density at radius 1 is 1.08 bits per heavy atom. The van der Waals surface area contributed by atoms with E-state index in [4.69, 9.17) is 19.9 Å². The molecule has 1 unspecified atom stereocenters. The van der Waals surface area contributed by atoms with E-state index in [0.717, 1.165) is 64.6 Å². The van der Waals surface area contributed by atoms with E-state index in [0.29, 0.717) is 37.6 Å². The summed E-state index contributed by atoms with van der Waals surface area (Å²) in [5.74, 6) is 0.502. The van der Waals surface area contributed by atoms with Crippen LogP contribution in [0.1, 0.15) is 106 Å². The van der Waals surface area contributed by atoms with Crippen molar-refractivity contribution in [3.05, 3.63) is 11.6 Å². The van der Waals surface area contributed by atoms with Crippen molar-refractivity contribution in [1.29, 1.82) is 0 Å². The van der Waals surface area contributed by atoms with Gasteiger partial charge in [-0.05, 0) is 104 Å². The number of nitrogens with zero attached hydrogens (tertiary/aromatic N) is 4. The molecule has 2 aliphatic heterocycles. The van der Waals surface area contributed by atoms with Crippen molar-refractivity contribution in [2.24, 2.45) is 56.7 Å². The monoisotopic (exact) mass is 682 g/mol. The van der Waals surface area contributed by atoms with E-state index >= 15 is 0 Å². The van der Waals surface area contributed by atoms with Gasteiger partial charge in [0.25, 0.3) is 5.95 Å². The summed E-state index contributed by atoms with van der Waals surface area (Å²) in [7, 11) is 2.03. The first kappa shape index (κ1) is 35.3. The number of nitrogen functional groups attached to an aromatic ring is 1. The molecule has 11 atom stereocenters. The lowest BCUT2D eigenvalue weighted by molar-refractivity contribution is -0.255. The van der Waals surface area contributed by atoms with E-state index in [9.17, 15) is 9.90 Å². The molecule has 3 heterocycles. The van der Waals surface area contributed by atoms with Gasteiger partial charge in [0.05, 0.1) is 31.8 Å². The zero-order valence-corrected chi connectivity index (χ0v) is 31.3. The van der Waals surface area contributed by atoms with E-state index in [1.54, 1.807) is 4.80 Å². The summed E-state index contributed by atoms with van der Waals surface area (Å²) in [6.45, 7) is 19.5. The number of fused-ring (bicyclic) bond motifs is 3. The summed E-state index contributed by atoms with van der Waals surface area (Å²) < 4.78 is 19.6. The molecule has 1 aromatic rings. The number of nitrogens with one attached hydrogen (secondary N) is 1. The van der Waals surface area contributed by atoms with Crippen molar-refractivity contribution < 1.29 is 24.1 Å². The Labute approximate surface area is 292 Å². The molecule has 4 aliphatic carbocycles. The number of ether oxygens (including phenoxy) is 3. The van der Waals surface area contributed by atoms with Crippen LogP contribution in [0.15, 0.2) is 11.6 Å². The maximum absolute atomic E-state index is 13.5. The van der Waals surface area contributed by atoms with Gasteiger partial charge in [0.2, 0.25) is 0 Å². The van der Waals surface area contributed by atoms with Gasteiger partial charge in [-0.1, -0.05) is 65.2 Å². The maximum Gasteiger partial charge on any atom is 0.307 e. The van der Waals surface area contributed by atoms with Gasteiger partial charge in [-0.15, -0.1) is 5.10 Å². The minimum Gasteiger partial charge on any atom is -0.481 e. The number of hydrogen-bond acceptors (Lipinski definition) is 9. The molecule has 0 aromatic carbocycles. The molecule has 7 rings (SSSR count). The van der Waals surface area contributed by atoms with E-state index in [1.165, 1.54) is 5.57 Å². The standard InChI is InChI=1S/C38H62N6O5/c1-23(2)24(3)33(4)13-14-35(6)25-9-10-28-34(5)20-48-22-38(28,26(25)11-12-36(35,7)29(33)31(45)46)19-27(44-42-32(39)41-43-44)30(34)49-21-37(40-8)15-17-47-18-16-37/h11,23-25,27-30,40H,9-10,12-22H2,1-8H3,(H2,39,42)(H,45,46)/t24-,25+,27-,28+,29-,30+,33-,34+,35-,36+,38?/m1/s1. The van der Waals surface area contributed by atoms with Crippen LogP contribution in [-0.2, 0) is 19.0 Å². The summed E-state index contributed by atoms with van der Waals surface area (Å²) in [6, 6.07) is -0.169. The van der Waals surface area contributed by atoms with Crippen LogP contribution in [0.4, 0.5) is 5.95 Å². The Kier molecular flexibility index (Phi) is 8.64.